The number of halogens is 1. The average Bonchev–Trinajstić information content (AvgIpc) is 2.45. The highest BCUT2D eigenvalue weighted by atomic mass is 19.1. The number of ketones is 1. The van der Waals surface area contributed by atoms with Crippen molar-refractivity contribution in [3.05, 3.63) is 65.5 Å². The molecule has 0 saturated carbocycles. The van der Waals surface area contributed by atoms with E-state index in [0.29, 0.717) is 24.3 Å². The van der Waals surface area contributed by atoms with E-state index in [-0.39, 0.29) is 11.6 Å². The predicted octanol–water partition coefficient (Wildman–Crippen LogP) is 4.00. The molecule has 0 radical (unpaired) electrons. The smallest absolute Gasteiger partial charge is 0.162 e. The summed E-state index contributed by atoms with van der Waals surface area (Å²) in [5.41, 5.74) is 1.45. The maximum atomic E-state index is 13.0. The minimum Gasteiger partial charge on any atom is -0.489 e. The largest absolute Gasteiger partial charge is 0.489 e. The van der Waals surface area contributed by atoms with Crippen molar-refractivity contribution in [3.8, 4) is 5.75 Å². The SMILES string of the molecule is CCC(=O)c1ccc(OCc2cccc(F)c2)cc1. The number of ether oxygens (including phenoxy) is 1. The quantitative estimate of drug-likeness (QED) is 0.758. The molecule has 0 N–H and O–H groups in total. The fraction of sp³-hybridized carbons (Fsp3) is 0.188. The minimum absolute atomic E-state index is 0.108. The Labute approximate surface area is 111 Å². The normalized spacial score (nSPS) is 10.2. The van der Waals surface area contributed by atoms with Gasteiger partial charge in [-0.1, -0.05) is 19.1 Å². The second kappa shape index (κ2) is 6.14. The maximum absolute atomic E-state index is 13.0. The van der Waals surface area contributed by atoms with Crippen molar-refractivity contribution >= 4 is 5.78 Å². The molecule has 3 heteroatoms. The van der Waals surface area contributed by atoms with Crippen LogP contribution >= 0.6 is 0 Å². The van der Waals surface area contributed by atoms with Gasteiger partial charge in [0.1, 0.15) is 18.2 Å². The van der Waals surface area contributed by atoms with Gasteiger partial charge in [0.25, 0.3) is 0 Å². The first kappa shape index (κ1) is 13.3. The molecule has 2 rings (SSSR count). The number of rotatable bonds is 5. The van der Waals surface area contributed by atoms with Crippen molar-refractivity contribution in [3.63, 3.8) is 0 Å². The first-order valence-corrected chi connectivity index (χ1v) is 6.19. The first-order valence-electron chi connectivity index (χ1n) is 6.19. The number of carbonyl (C=O) groups excluding carboxylic acids is 1. The molecule has 0 aliphatic heterocycles. The summed E-state index contributed by atoms with van der Waals surface area (Å²) in [7, 11) is 0. The van der Waals surface area contributed by atoms with Crippen LogP contribution in [-0.2, 0) is 6.61 Å². The average molecular weight is 258 g/mol. The lowest BCUT2D eigenvalue weighted by Gasteiger charge is -2.07. The Morgan fingerprint density at radius 1 is 1.16 bits per heavy atom. The van der Waals surface area contributed by atoms with Crippen molar-refractivity contribution in [1.82, 2.24) is 0 Å². The molecule has 2 aromatic carbocycles. The number of benzene rings is 2. The number of hydrogen-bond donors (Lipinski definition) is 0. The van der Waals surface area contributed by atoms with Crippen LogP contribution in [0.2, 0.25) is 0 Å². The first-order chi connectivity index (χ1) is 9.19. The van der Waals surface area contributed by atoms with E-state index in [1.165, 1.54) is 12.1 Å². The standard InChI is InChI=1S/C16H15FO2/c1-2-16(18)13-6-8-15(9-7-13)19-11-12-4-3-5-14(17)10-12/h3-10H,2,11H2,1H3. The van der Waals surface area contributed by atoms with E-state index < -0.39 is 0 Å². The van der Waals surface area contributed by atoms with Crippen LogP contribution in [0.25, 0.3) is 0 Å². The topological polar surface area (TPSA) is 26.3 Å². The fourth-order valence-corrected chi connectivity index (χ4v) is 1.73. The Balaban J connectivity index is 1.98. The van der Waals surface area contributed by atoms with Gasteiger partial charge >= 0.3 is 0 Å². The molecular formula is C16H15FO2. The summed E-state index contributed by atoms with van der Waals surface area (Å²) in [5, 5.41) is 0. The molecule has 0 heterocycles. The Morgan fingerprint density at radius 3 is 2.53 bits per heavy atom. The molecule has 19 heavy (non-hydrogen) atoms. The summed E-state index contributed by atoms with van der Waals surface area (Å²) in [6, 6.07) is 13.3. The van der Waals surface area contributed by atoms with Gasteiger partial charge in [0.05, 0.1) is 0 Å². The van der Waals surface area contributed by atoms with E-state index in [1.807, 2.05) is 6.92 Å². The maximum Gasteiger partial charge on any atom is 0.162 e. The van der Waals surface area contributed by atoms with E-state index in [0.717, 1.165) is 5.56 Å². The van der Waals surface area contributed by atoms with Crippen molar-refractivity contribution in [1.29, 1.82) is 0 Å². The van der Waals surface area contributed by atoms with Gasteiger partial charge in [0, 0.05) is 12.0 Å². The molecule has 0 atom stereocenters. The predicted molar refractivity (Wildman–Crippen MR) is 71.8 cm³/mol. The van der Waals surface area contributed by atoms with Crippen LogP contribution in [-0.4, -0.2) is 5.78 Å². The van der Waals surface area contributed by atoms with E-state index in [1.54, 1.807) is 36.4 Å². The number of carbonyl (C=O) groups is 1. The molecule has 0 aliphatic carbocycles. The van der Waals surface area contributed by atoms with Crippen molar-refractivity contribution in [2.75, 3.05) is 0 Å². The summed E-state index contributed by atoms with van der Waals surface area (Å²) >= 11 is 0. The molecule has 2 nitrogen and oxygen atoms in total. The zero-order valence-corrected chi connectivity index (χ0v) is 10.7. The lowest BCUT2D eigenvalue weighted by atomic mass is 10.1. The van der Waals surface area contributed by atoms with Crippen molar-refractivity contribution in [2.45, 2.75) is 20.0 Å². The summed E-state index contributed by atoms with van der Waals surface area (Å²) in [5.74, 6) is 0.499. The highest BCUT2D eigenvalue weighted by molar-refractivity contribution is 5.95. The molecule has 0 aromatic heterocycles. The van der Waals surface area contributed by atoms with Crippen LogP contribution < -0.4 is 4.74 Å². The lowest BCUT2D eigenvalue weighted by molar-refractivity contribution is 0.0988. The summed E-state index contributed by atoms with van der Waals surface area (Å²) in [4.78, 5) is 11.5. The highest BCUT2D eigenvalue weighted by Crippen LogP contribution is 2.15. The van der Waals surface area contributed by atoms with Crippen LogP contribution in [0.3, 0.4) is 0 Å². The zero-order valence-electron chi connectivity index (χ0n) is 10.7. The second-order valence-corrected chi connectivity index (χ2v) is 4.22. The van der Waals surface area contributed by atoms with Gasteiger partial charge in [0.15, 0.2) is 5.78 Å². The van der Waals surface area contributed by atoms with Crippen LogP contribution in [0.4, 0.5) is 4.39 Å². The Morgan fingerprint density at radius 2 is 1.89 bits per heavy atom. The molecule has 0 saturated heterocycles. The third-order valence-electron chi connectivity index (χ3n) is 2.79. The third-order valence-corrected chi connectivity index (χ3v) is 2.79. The Hall–Kier alpha value is -2.16. The van der Waals surface area contributed by atoms with Gasteiger partial charge in [-0.05, 0) is 42.0 Å². The van der Waals surface area contributed by atoms with Gasteiger partial charge < -0.3 is 4.74 Å². The van der Waals surface area contributed by atoms with Crippen LogP contribution in [0.1, 0.15) is 29.3 Å². The summed E-state index contributed by atoms with van der Waals surface area (Å²) in [6.07, 6.45) is 0.490. The molecule has 2 aromatic rings. The van der Waals surface area contributed by atoms with Crippen molar-refractivity contribution in [2.24, 2.45) is 0 Å². The lowest BCUT2D eigenvalue weighted by Crippen LogP contribution is -1.98. The fourth-order valence-electron chi connectivity index (χ4n) is 1.73. The zero-order chi connectivity index (χ0) is 13.7. The molecule has 0 unspecified atom stereocenters. The molecule has 0 bridgehead atoms. The summed E-state index contributed by atoms with van der Waals surface area (Å²) in [6.45, 7) is 2.13. The summed E-state index contributed by atoms with van der Waals surface area (Å²) < 4.78 is 18.5. The highest BCUT2D eigenvalue weighted by Gasteiger charge is 2.03. The number of Topliss-reactive ketones (excluding diaryl/α,β-unsaturated/α-hetero) is 1. The van der Waals surface area contributed by atoms with E-state index in [4.69, 9.17) is 4.74 Å². The van der Waals surface area contributed by atoms with E-state index in [9.17, 15) is 9.18 Å². The molecule has 0 spiro atoms. The van der Waals surface area contributed by atoms with Gasteiger partial charge in [-0.25, -0.2) is 4.39 Å². The molecule has 0 amide bonds. The second-order valence-electron chi connectivity index (χ2n) is 4.22. The molecular weight excluding hydrogens is 243 g/mol. The van der Waals surface area contributed by atoms with E-state index >= 15 is 0 Å². The molecule has 0 aliphatic rings. The van der Waals surface area contributed by atoms with E-state index in [2.05, 4.69) is 0 Å². The monoisotopic (exact) mass is 258 g/mol. The van der Waals surface area contributed by atoms with Crippen molar-refractivity contribution < 1.29 is 13.9 Å². The molecule has 0 fully saturated rings. The molecule has 98 valence electrons. The van der Waals surface area contributed by atoms with Crippen LogP contribution in [0, 0.1) is 5.82 Å². The number of hydrogen-bond acceptors (Lipinski definition) is 2. The minimum atomic E-state index is -0.273. The third kappa shape index (κ3) is 3.65. The van der Waals surface area contributed by atoms with Gasteiger partial charge in [-0.15, -0.1) is 0 Å². The van der Waals surface area contributed by atoms with Crippen LogP contribution in [0.5, 0.6) is 5.75 Å². The van der Waals surface area contributed by atoms with Crippen LogP contribution in [0.15, 0.2) is 48.5 Å². The Kier molecular flexibility index (Phi) is 4.29. The van der Waals surface area contributed by atoms with Gasteiger partial charge in [-0.2, -0.15) is 0 Å². The van der Waals surface area contributed by atoms with Gasteiger partial charge in [-0.3, -0.25) is 4.79 Å². The Bertz CT molecular complexity index is 561. The van der Waals surface area contributed by atoms with Gasteiger partial charge in [0.2, 0.25) is 0 Å².